The molecule has 4 heteroatoms. The molecule has 1 aromatic rings. The van der Waals surface area contributed by atoms with Gasteiger partial charge in [-0.1, -0.05) is 34.6 Å². The number of carbonyl (C=O) groups excluding carboxylic acids is 1. The van der Waals surface area contributed by atoms with Crippen molar-refractivity contribution in [2.24, 2.45) is 11.3 Å². The quantitative estimate of drug-likeness (QED) is 0.908. The number of nitrogens with zero attached hydrogens (tertiary/aromatic N) is 2. The first-order chi connectivity index (χ1) is 9.68. The summed E-state index contributed by atoms with van der Waals surface area (Å²) in [7, 11) is 0. The topological polar surface area (TPSA) is 59.2 Å². The highest BCUT2D eigenvalue weighted by atomic mass is 16.2. The van der Waals surface area contributed by atoms with E-state index < -0.39 is 0 Å². The van der Waals surface area contributed by atoms with Gasteiger partial charge in [-0.2, -0.15) is 0 Å². The first kappa shape index (κ1) is 15.8. The van der Waals surface area contributed by atoms with Crippen molar-refractivity contribution in [3.05, 3.63) is 23.4 Å². The van der Waals surface area contributed by atoms with Crippen LogP contribution in [0.5, 0.6) is 0 Å². The third-order valence-corrected chi connectivity index (χ3v) is 4.40. The van der Waals surface area contributed by atoms with Gasteiger partial charge in [0, 0.05) is 24.3 Å². The molecule has 2 N–H and O–H groups in total. The number of nitrogen functional groups attached to an aromatic ring is 1. The van der Waals surface area contributed by atoms with Crippen LogP contribution in [0.15, 0.2) is 12.1 Å². The van der Waals surface area contributed by atoms with Crippen LogP contribution in [0.2, 0.25) is 0 Å². The van der Waals surface area contributed by atoms with Crippen molar-refractivity contribution in [2.45, 2.75) is 47.0 Å². The summed E-state index contributed by atoms with van der Waals surface area (Å²) in [4.78, 5) is 18.9. The van der Waals surface area contributed by atoms with Crippen LogP contribution in [0.3, 0.4) is 0 Å². The molecule has 0 bridgehead atoms. The maximum atomic E-state index is 12.7. The molecular formula is C17H27N3O. The van der Waals surface area contributed by atoms with Crippen LogP contribution in [0, 0.1) is 11.3 Å². The Morgan fingerprint density at radius 3 is 2.57 bits per heavy atom. The van der Waals surface area contributed by atoms with Crippen LogP contribution in [0.25, 0.3) is 0 Å². The number of anilines is 1. The number of rotatable bonds is 2. The van der Waals surface area contributed by atoms with E-state index in [1.807, 2.05) is 11.0 Å². The van der Waals surface area contributed by atoms with Crippen molar-refractivity contribution in [1.82, 2.24) is 9.88 Å². The van der Waals surface area contributed by atoms with E-state index in [4.69, 9.17) is 5.73 Å². The van der Waals surface area contributed by atoms with Gasteiger partial charge in [-0.3, -0.25) is 4.79 Å². The standard InChI is InChI=1S/C17H27N3O/c1-11(2)14-8-12(9-15(18)19-14)16(21)20-7-6-13(10-20)17(3,4)5/h8-9,11,13H,6-7,10H2,1-5H3,(H2,18,19). The first-order valence-electron chi connectivity index (χ1n) is 7.75. The van der Waals surface area contributed by atoms with Crippen LogP contribution < -0.4 is 5.73 Å². The molecule has 2 rings (SSSR count). The minimum Gasteiger partial charge on any atom is -0.384 e. The first-order valence-corrected chi connectivity index (χ1v) is 7.75. The lowest BCUT2D eigenvalue weighted by Crippen LogP contribution is -2.31. The number of likely N-dealkylation sites (tertiary alicyclic amines) is 1. The third kappa shape index (κ3) is 3.55. The predicted molar refractivity (Wildman–Crippen MR) is 86.2 cm³/mol. The lowest BCUT2D eigenvalue weighted by molar-refractivity contribution is 0.0776. The van der Waals surface area contributed by atoms with Crippen LogP contribution in [0.1, 0.15) is 63.0 Å². The van der Waals surface area contributed by atoms with E-state index in [-0.39, 0.29) is 17.2 Å². The van der Waals surface area contributed by atoms with Gasteiger partial charge in [0.2, 0.25) is 0 Å². The molecule has 1 saturated heterocycles. The smallest absolute Gasteiger partial charge is 0.254 e. The van der Waals surface area contributed by atoms with Crippen LogP contribution in [-0.2, 0) is 0 Å². The Bertz CT molecular complexity index is 531. The fourth-order valence-corrected chi connectivity index (χ4v) is 2.83. The van der Waals surface area contributed by atoms with Crippen molar-refractivity contribution in [3.63, 3.8) is 0 Å². The van der Waals surface area contributed by atoms with E-state index >= 15 is 0 Å². The molecule has 1 aliphatic rings. The van der Waals surface area contributed by atoms with Gasteiger partial charge in [0.1, 0.15) is 5.82 Å². The Labute approximate surface area is 127 Å². The van der Waals surface area contributed by atoms with Gasteiger partial charge in [-0.15, -0.1) is 0 Å². The molecule has 116 valence electrons. The molecule has 2 heterocycles. The second-order valence-electron chi connectivity index (χ2n) is 7.46. The summed E-state index contributed by atoms with van der Waals surface area (Å²) in [5, 5.41) is 0. The molecule has 1 amide bonds. The summed E-state index contributed by atoms with van der Waals surface area (Å²) in [6.07, 6.45) is 1.08. The Morgan fingerprint density at radius 1 is 1.38 bits per heavy atom. The molecule has 0 saturated carbocycles. The Balaban J connectivity index is 2.18. The molecule has 1 aromatic heterocycles. The maximum Gasteiger partial charge on any atom is 0.254 e. The van der Waals surface area contributed by atoms with Crippen molar-refractivity contribution in [2.75, 3.05) is 18.8 Å². The second kappa shape index (κ2) is 5.66. The fraction of sp³-hybridized carbons (Fsp3) is 0.647. The highest BCUT2D eigenvalue weighted by molar-refractivity contribution is 5.95. The number of pyridine rings is 1. The number of hydrogen-bond donors (Lipinski definition) is 1. The monoisotopic (exact) mass is 289 g/mol. The number of aromatic nitrogens is 1. The summed E-state index contributed by atoms with van der Waals surface area (Å²) in [5.41, 5.74) is 7.64. The van der Waals surface area contributed by atoms with Crippen molar-refractivity contribution < 1.29 is 4.79 Å². The highest BCUT2D eigenvalue weighted by Gasteiger charge is 2.34. The van der Waals surface area contributed by atoms with Gasteiger partial charge >= 0.3 is 0 Å². The largest absolute Gasteiger partial charge is 0.384 e. The summed E-state index contributed by atoms with van der Waals surface area (Å²) in [5.74, 6) is 1.33. The molecule has 1 fully saturated rings. The second-order valence-corrected chi connectivity index (χ2v) is 7.46. The zero-order valence-corrected chi connectivity index (χ0v) is 13.8. The van der Waals surface area contributed by atoms with Gasteiger partial charge in [0.15, 0.2) is 0 Å². The summed E-state index contributed by atoms with van der Waals surface area (Å²) in [6.45, 7) is 12.5. The van der Waals surface area contributed by atoms with E-state index in [0.29, 0.717) is 17.3 Å². The van der Waals surface area contributed by atoms with Crippen LogP contribution in [-0.4, -0.2) is 28.9 Å². The summed E-state index contributed by atoms with van der Waals surface area (Å²) in [6, 6.07) is 3.58. The molecule has 21 heavy (non-hydrogen) atoms. The van der Waals surface area contributed by atoms with Crippen LogP contribution >= 0.6 is 0 Å². The summed E-state index contributed by atoms with van der Waals surface area (Å²) < 4.78 is 0. The van der Waals surface area contributed by atoms with Crippen molar-refractivity contribution in [1.29, 1.82) is 0 Å². The number of carbonyl (C=O) groups is 1. The average molecular weight is 289 g/mol. The molecule has 0 spiro atoms. The van der Waals surface area contributed by atoms with Gasteiger partial charge in [-0.05, 0) is 35.8 Å². The van der Waals surface area contributed by atoms with E-state index in [9.17, 15) is 4.79 Å². The predicted octanol–water partition coefficient (Wildman–Crippen LogP) is 3.30. The van der Waals surface area contributed by atoms with Gasteiger partial charge in [0.25, 0.3) is 5.91 Å². The molecule has 0 aliphatic carbocycles. The number of hydrogen-bond acceptors (Lipinski definition) is 3. The molecular weight excluding hydrogens is 262 g/mol. The van der Waals surface area contributed by atoms with E-state index in [1.54, 1.807) is 6.07 Å². The van der Waals surface area contributed by atoms with Gasteiger partial charge in [-0.25, -0.2) is 4.98 Å². The van der Waals surface area contributed by atoms with Crippen molar-refractivity contribution >= 4 is 11.7 Å². The zero-order chi connectivity index (χ0) is 15.8. The molecule has 1 atom stereocenters. The molecule has 1 aliphatic heterocycles. The van der Waals surface area contributed by atoms with Crippen LogP contribution in [0.4, 0.5) is 5.82 Å². The molecule has 4 nitrogen and oxygen atoms in total. The van der Waals surface area contributed by atoms with E-state index in [2.05, 4.69) is 39.6 Å². The Hall–Kier alpha value is -1.58. The Kier molecular flexibility index (Phi) is 4.26. The van der Waals surface area contributed by atoms with Gasteiger partial charge in [0.05, 0.1) is 0 Å². The maximum absolute atomic E-state index is 12.7. The number of amides is 1. The third-order valence-electron chi connectivity index (χ3n) is 4.40. The molecule has 1 unspecified atom stereocenters. The molecule has 0 radical (unpaired) electrons. The Morgan fingerprint density at radius 2 is 2.05 bits per heavy atom. The fourth-order valence-electron chi connectivity index (χ4n) is 2.83. The average Bonchev–Trinajstić information content (AvgIpc) is 2.86. The van der Waals surface area contributed by atoms with Crippen molar-refractivity contribution in [3.8, 4) is 0 Å². The summed E-state index contributed by atoms with van der Waals surface area (Å²) >= 11 is 0. The highest BCUT2D eigenvalue weighted by Crippen LogP contribution is 2.34. The van der Waals surface area contributed by atoms with Gasteiger partial charge < -0.3 is 10.6 Å². The van der Waals surface area contributed by atoms with E-state index in [0.717, 1.165) is 25.2 Å². The SMILES string of the molecule is CC(C)c1cc(C(=O)N2CCC(C(C)(C)C)C2)cc(N)n1. The number of nitrogens with two attached hydrogens (primary N) is 1. The molecule has 0 aromatic carbocycles. The minimum absolute atomic E-state index is 0.0813. The lowest BCUT2D eigenvalue weighted by Gasteiger charge is -2.27. The zero-order valence-electron chi connectivity index (χ0n) is 13.8. The van der Waals surface area contributed by atoms with E-state index in [1.165, 1.54) is 0 Å². The lowest BCUT2D eigenvalue weighted by atomic mass is 9.80. The minimum atomic E-state index is 0.0813. The normalized spacial score (nSPS) is 19.3.